The van der Waals surface area contributed by atoms with E-state index >= 15 is 0 Å². The van der Waals surface area contributed by atoms with E-state index in [1.165, 1.54) is 30.3 Å². The van der Waals surface area contributed by atoms with Crippen LogP contribution in [0.2, 0.25) is 0 Å². The van der Waals surface area contributed by atoms with Crippen LogP contribution in [0.15, 0.2) is 35.1 Å². The third-order valence-electron chi connectivity index (χ3n) is 4.77. The minimum atomic E-state index is -1.53. The number of ether oxygens (including phenoxy) is 1. The molecule has 9 heteroatoms. The number of benzene rings is 1. The van der Waals surface area contributed by atoms with Crippen LogP contribution >= 0.6 is 0 Å². The van der Waals surface area contributed by atoms with Crippen LogP contribution < -0.4 is 5.56 Å². The van der Waals surface area contributed by atoms with Gasteiger partial charge in [-0.2, -0.15) is 5.26 Å². The number of pyridine rings is 1. The number of aliphatic hydroxyl groups is 4. The number of H-pyrrole nitrogens is 1. The zero-order valence-electron chi connectivity index (χ0n) is 14.6. The van der Waals surface area contributed by atoms with Crippen LogP contribution in [-0.2, 0) is 11.2 Å². The number of aromatic nitrogens is 1. The van der Waals surface area contributed by atoms with E-state index in [1.54, 1.807) is 0 Å². The summed E-state index contributed by atoms with van der Waals surface area (Å²) in [5.41, 5.74) is 0.227. The Balaban J connectivity index is 1.96. The number of nitrogens with zero attached hydrogens (tertiary/aromatic N) is 1. The van der Waals surface area contributed by atoms with Crippen molar-refractivity contribution in [3.8, 4) is 17.2 Å². The van der Waals surface area contributed by atoms with E-state index in [9.17, 15) is 34.9 Å². The average Bonchev–Trinajstić information content (AvgIpc) is 2.68. The van der Waals surface area contributed by atoms with Gasteiger partial charge >= 0.3 is 0 Å². The van der Waals surface area contributed by atoms with Crippen molar-refractivity contribution in [1.82, 2.24) is 4.98 Å². The molecule has 5 N–H and O–H groups in total. The van der Waals surface area contributed by atoms with Gasteiger partial charge in [-0.05, 0) is 23.8 Å². The van der Waals surface area contributed by atoms with Crippen LogP contribution in [0, 0.1) is 17.1 Å². The van der Waals surface area contributed by atoms with Crippen LogP contribution in [0.5, 0.6) is 0 Å². The van der Waals surface area contributed by atoms with Gasteiger partial charge in [0.2, 0.25) is 0 Å². The summed E-state index contributed by atoms with van der Waals surface area (Å²) >= 11 is 0. The fraction of sp³-hybridized carbons (Fsp3) is 0.368. The highest BCUT2D eigenvalue weighted by Gasteiger charge is 2.43. The van der Waals surface area contributed by atoms with E-state index in [0.717, 1.165) is 0 Å². The van der Waals surface area contributed by atoms with Gasteiger partial charge in [-0.15, -0.1) is 0 Å². The Bertz CT molecular complexity index is 937. The molecule has 0 amide bonds. The Morgan fingerprint density at radius 3 is 2.36 bits per heavy atom. The summed E-state index contributed by atoms with van der Waals surface area (Å²) in [6.07, 6.45) is -6.60. The fourth-order valence-corrected chi connectivity index (χ4v) is 3.26. The lowest BCUT2D eigenvalue weighted by Crippen LogP contribution is -2.59. The van der Waals surface area contributed by atoms with E-state index in [-0.39, 0.29) is 17.5 Å². The molecule has 1 aliphatic rings. The van der Waals surface area contributed by atoms with Crippen molar-refractivity contribution >= 4 is 0 Å². The van der Waals surface area contributed by atoms with E-state index < -0.39 is 48.5 Å². The number of nitrogens with one attached hydrogen (secondary N) is 1. The zero-order valence-corrected chi connectivity index (χ0v) is 14.6. The molecule has 2 aromatic rings. The maximum absolute atomic E-state index is 13.2. The molecule has 1 fully saturated rings. The molecule has 28 heavy (non-hydrogen) atoms. The molecule has 0 saturated carbocycles. The van der Waals surface area contributed by atoms with Crippen molar-refractivity contribution < 1.29 is 29.6 Å². The number of nitriles is 1. The molecule has 148 valence electrons. The highest BCUT2D eigenvalue weighted by Crippen LogP contribution is 2.26. The van der Waals surface area contributed by atoms with Gasteiger partial charge in [-0.3, -0.25) is 4.79 Å². The minimum absolute atomic E-state index is 0.0589. The Morgan fingerprint density at radius 2 is 1.75 bits per heavy atom. The van der Waals surface area contributed by atoms with Gasteiger partial charge in [0.1, 0.15) is 41.9 Å². The van der Waals surface area contributed by atoms with Crippen LogP contribution in [-0.4, -0.2) is 62.5 Å². The topological polar surface area (TPSA) is 147 Å². The van der Waals surface area contributed by atoms with Crippen molar-refractivity contribution in [3.63, 3.8) is 0 Å². The van der Waals surface area contributed by atoms with Crippen LogP contribution in [0.3, 0.4) is 0 Å². The monoisotopic (exact) mass is 390 g/mol. The van der Waals surface area contributed by atoms with Crippen molar-refractivity contribution in [2.24, 2.45) is 0 Å². The molecule has 1 saturated heterocycles. The second kappa shape index (κ2) is 8.18. The highest BCUT2D eigenvalue weighted by atomic mass is 19.1. The number of aliphatic hydroxyl groups excluding tert-OH is 4. The predicted octanol–water partition coefficient (Wildman–Crippen LogP) is -0.562. The second-order valence-corrected chi connectivity index (χ2v) is 6.60. The molecular weight excluding hydrogens is 371 g/mol. The van der Waals surface area contributed by atoms with Gasteiger partial charge in [0.05, 0.1) is 12.7 Å². The van der Waals surface area contributed by atoms with E-state index in [0.29, 0.717) is 11.3 Å². The molecule has 0 bridgehead atoms. The van der Waals surface area contributed by atoms with Crippen molar-refractivity contribution in [2.45, 2.75) is 36.9 Å². The van der Waals surface area contributed by atoms with E-state index in [4.69, 9.17) is 4.74 Å². The number of hydrogen-bond donors (Lipinski definition) is 5. The maximum atomic E-state index is 13.2. The van der Waals surface area contributed by atoms with E-state index in [1.807, 2.05) is 6.07 Å². The summed E-state index contributed by atoms with van der Waals surface area (Å²) in [6.45, 7) is -0.563. The highest BCUT2D eigenvalue weighted by molar-refractivity contribution is 5.70. The molecule has 1 aromatic heterocycles. The van der Waals surface area contributed by atoms with Gasteiger partial charge in [0.15, 0.2) is 0 Å². The summed E-state index contributed by atoms with van der Waals surface area (Å²) < 4.78 is 18.6. The normalized spacial score (nSPS) is 27.4. The lowest BCUT2D eigenvalue weighted by molar-refractivity contribution is -0.228. The number of hydrogen-bond acceptors (Lipinski definition) is 7. The zero-order chi connectivity index (χ0) is 20.4. The first kappa shape index (κ1) is 20.1. The molecule has 3 rings (SSSR count). The molecule has 2 heterocycles. The largest absolute Gasteiger partial charge is 0.394 e. The molecule has 5 atom stereocenters. The summed E-state index contributed by atoms with van der Waals surface area (Å²) in [6, 6.07) is 8.60. The first-order valence-corrected chi connectivity index (χ1v) is 8.58. The molecule has 0 aliphatic carbocycles. The standard InChI is InChI=1S/C19H19FN2O6/c20-10-3-1-9(2-4-10)12-5-11(22-19(27)13(12)7-21)6-14-16(24)18(26)17(25)15(8-23)28-14/h1-5,14-18,23-26H,6,8H2,(H,22,27)/t14-,15+,16-,17+,18+/m0/s1. The second-order valence-electron chi connectivity index (χ2n) is 6.60. The molecule has 1 aromatic carbocycles. The Hall–Kier alpha value is -2.61. The quantitative estimate of drug-likeness (QED) is 0.470. The molecule has 0 spiro atoms. The third-order valence-corrected chi connectivity index (χ3v) is 4.77. The van der Waals surface area contributed by atoms with Gasteiger partial charge in [0, 0.05) is 17.7 Å². The van der Waals surface area contributed by atoms with Crippen molar-refractivity contribution in [3.05, 3.63) is 57.8 Å². The summed E-state index contributed by atoms with van der Waals surface area (Å²) in [5.74, 6) is -0.464. The first-order chi connectivity index (χ1) is 13.3. The summed E-state index contributed by atoms with van der Waals surface area (Å²) in [5, 5.41) is 48.5. The third kappa shape index (κ3) is 3.82. The average molecular weight is 390 g/mol. The van der Waals surface area contributed by atoms with Crippen LogP contribution in [0.4, 0.5) is 4.39 Å². The van der Waals surface area contributed by atoms with Gasteiger partial charge in [0.25, 0.3) is 5.56 Å². The van der Waals surface area contributed by atoms with Gasteiger partial charge < -0.3 is 30.1 Å². The smallest absolute Gasteiger partial charge is 0.266 e. The predicted molar refractivity (Wildman–Crippen MR) is 94.6 cm³/mol. The Morgan fingerprint density at radius 1 is 1.11 bits per heavy atom. The lowest BCUT2D eigenvalue weighted by atomic mass is 9.92. The summed E-state index contributed by atoms with van der Waals surface area (Å²) in [7, 11) is 0. The Kier molecular flexibility index (Phi) is 5.88. The molecule has 0 radical (unpaired) electrons. The van der Waals surface area contributed by atoms with Crippen molar-refractivity contribution in [1.29, 1.82) is 5.26 Å². The number of rotatable bonds is 4. The van der Waals surface area contributed by atoms with Crippen LogP contribution in [0.25, 0.3) is 11.1 Å². The Labute approximate surface area is 159 Å². The fourth-order valence-electron chi connectivity index (χ4n) is 3.26. The van der Waals surface area contributed by atoms with Crippen molar-refractivity contribution in [2.75, 3.05) is 6.61 Å². The van der Waals surface area contributed by atoms with Gasteiger partial charge in [-0.25, -0.2) is 4.39 Å². The van der Waals surface area contributed by atoms with Gasteiger partial charge in [-0.1, -0.05) is 12.1 Å². The molecule has 1 aliphatic heterocycles. The number of aromatic amines is 1. The van der Waals surface area contributed by atoms with E-state index in [2.05, 4.69) is 4.98 Å². The number of halogens is 1. The SMILES string of the molecule is N#Cc1c(-c2ccc(F)cc2)cc(C[C@@H]2O[C@H](CO)[C@@H](O)[C@H](O)[C@H]2O)[nH]c1=O. The minimum Gasteiger partial charge on any atom is -0.394 e. The first-order valence-electron chi connectivity index (χ1n) is 8.58. The molecular formula is C19H19FN2O6. The summed E-state index contributed by atoms with van der Waals surface area (Å²) in [4.78, 5) is 14.8. The maximum Gasteiger partial charge on any atom is 0.266 e. The lowest BCUT2D eigenvalue weighted by Gasteiger charge is -2.40. The molecule has 8 nitrogen and oxygen atoms in total. The molecule has 0 unspecified atom stereocenters. The van der Waals surface area contributed by atoms with Crippen LogP contribution in [0.1, 0.15) is 11.3 Å².